The molecule has 0 aliphatic carbocycles. The molecule has 5 nitrogen and oxygen atoms in total. The highest BCUT2D eigenvalue weighted by molar-refractivity contribution is 7.85. The van der Waals surface area contributed by atoms with Gasteiger partial charge < -0.3 is 5.11 Å². The molecule has 0 aromatic rings. The van der Waals surface area contributed by atoms with Gasteiger partial charge in [0, 0.05) is 0 Å². The van der Waals surface area contributed by atoms with E-state index in [2.05, 4.69) is 0 Å². The number of rotatable bonds is 3. The number of carboxylic acids is 1. The van der Waals surface area contributed by atoms with Crippen molar-refractivity contribution in [2.45, 2.75) is 6.42 Å². The molecule has 2 N–H and O–H groups in total. The smallest absolute Gasteiger partial charge is 0.304 e. The molecule has 0 fully saturated rings. The lowest BCUT2D eigenvalue weighted by Gasteiger charge is -1.89. The Bertz CT molecular complexity index is 190. The van der Waals surface area contributed by atoms with Crippen LogP contribution in [0.5, 0.6) is 0 Å². The third-order valence-electron chi connectivity index (χ3n) is 0.574. The normalized spacial score (nSPS) is 11.2. The largest absolute Gasteiger partial charge is 0.481 e. The van der Waals surface area contributed by atoms with E-state index in [1.165, 1.54) is 0 Å². The quantitative estimate of drug-likeness (QED) is 0.527. The predicted molar refractivity (Wildman–Crippen MR) is 28.7 cm³/mol. The van der Waals surface area contributed by atoms with Gasteiger partial charge in [0.1, 0.15) is 0 Å². The van der Waals surface area contributed by atoms with Crippen molar-refractivity contribution in [3.8, 4) is 0 Å². The Morgan fingerprint density at radius 2 is 1.89 bits per heavy atom. The summed E-state index contributed by atoms with van der Waals surface area (Å²) >= 11 is 0. The first-order chi connectivity index (χ1) is 3.92. The molecule has 6 heteroatoms. The summed E-state index contributed by atoms with van der Waals surface area (Å²) in [5.41, 5.74) is 0. The second-order valence-electron chi connectivity index (χ2n) is 1.43. The van der Waals surface area contributed by atoms with Gasteiger partial charge in [-0.15, -0.1) is 0 Å². The lowest BCUT2D eigenvalue weighted by Crippen LogP contribution is -2.08. The summed E-state index contributed by atoms with van der Waals surface area (Å²) in [7, 11) is -4.10. The van der Waals surface area contributed by atoms with E-state index in [0.717, 1.165) is 0 Å². The SMILES string of the molecule is O=C(O)CCS(=O)(=O)O. The predicted octanol–water partition coefficient (Wildman–Crippen LogP) is -0.651. The van der Waals surface area contributed by atoms with Crippen LogP contribution in [0, 0.1) is 0 Å². The molecule has 0 atom stereocenters. The molecule has 0 heterocycles. The molecular weight excluding hydrogens is 148 g/mol. The monoisotopic (exact) mass is 154 g/mol. The van der Waals surface area contributed by atoms with E-state index < -0.39 is 28.3 Å². The summed E-state index contributed by atoms with van der Waals surface area (Å²) in [4.78, 5) is 9.67. The lowest BCUT2D eigenvalue weighted by atomic mass is 10.5. The summed E-state index contributed by atoms with van der Waals surface area (Å²) in [6, 6.07) is 0. The summed E-state index contributed by atoms with van der Waals surface area (Å²) in [5, 5.41) is 7.90. The fourth-order valence-corrected chi connectivity index (χ4v) is 0.649. The van der Waals surface area contributed by atoms with E-state index in [9.17, 15) is 13.2 Å². The van der Waals surface area contributed by atoms with Gasteiger partial charge >= 0.3 is 5.97 Å². The van der Waals surface area contributed by atoms with Gasteiger partial charge in [-0.25, -0.2) is 0 Å². The molecular formula is C3H6O5S. The zero-order valence-electron chi connectivity index (χ0n) is 4.44. The van der Waals surface area contributed by atoms with Crippen LogP contribution < -0.4 is 0 Å². The van der Waals surface area contributed by atoms with Crippen molar-refractivity contribution in [3.05, 3.63) is 0 Å². The van der Waals surface area contributed by atoms with Crippen LogP contribution in [-0.4, -0.2) is 29.8 Å². The molecule has 0 aromatic heterocycles. The zero-order chi connectivity index (χ0) is 7.49. The molecule has 0 spiro atoms. The van der Waals surface area contributed by atoms with Gasteiger partial charge in [-0.2, -0.15) is 8.42 Å². The standard InChI is InChI=1S/C3H6O5S/c4-3(5)1-2-9(6,7)8/h1-2H2,(H,4,5)(H,6,7,8). The Kier molecular flexibility index (Phi) is 2.60. The van der Waals surface area contributed by atoms with Crippen molar-refractivity contribution in [1.29, 1.82) is 0 Å². The maximum absolute atomic E-state index is 9.83. The number of carbonyl (C=O) groups is 1. The van der Waals surface area contributed by atoms with E-state index >= 15 is 0 Å². The van der Waals surface area contributed by atoms with Gasteiger partial charge in [-0.05, 0) is 0 Å². The van der Waals surface area contributed by atoms with E-state index in [0.29, 0.717) is 0 Å². The number of hydrogen-bond acceptors (Lipinski definition) is 3. The average molecular weight is 154 g/mol. The molecule has 0 saturated heterocycles. The second kappa shape index (κ2) is 2.79. The molecule has 0 rings (SSSR count). The summed E-state index contributed by atoms with van der Waals surface area (Å²) in [6.45, 7) is 0. The van der Waals surface area contributed by atoms with Crippen molar-refractivity contribution >= 4 is 16.1 Å². The number of aliphatic carboxylic acids is 1. The minimum atomic E-state index is -4.10. The van der Waals surface area contributed by atoms with Crippen molar-refractivity contribution in [2.75, 3.05) is 5.75 Å². The molecule has 54 valence electrons. The minimum Gasteiger partial charge on any atom is -0.481 e. The Morgan fingerprint density at radius 3 is 2.00 bits per heavy atom. The Labute approximate surface area is 52.1 Å². The van der Waals surface area contributed by atoms with E-state index in [1.54, 1.807) is 0 Å². The van der Waals surface area contributed by atoms with Crippen LogP contribution >= 0.6 is 0 Å². The molecule has 0 saturated carbocycles. The molecule has 0 unspecified atom stereocenters. The van der Waals surface area contributed by atoms with Crippen LogP contribution in [0.3, 0.4) is 0 Å². The van der Waals surface area contributed by atoms with Crippen molar-refractivity contribution in [2.24, 2.45) is 0 Å². The van der Waals surface area contributed by atoms with Crippen LogP contribution in [0.25, 0.3) is 0 Å². The van der Waals surface area contributed by atoms with Gasteiger partial charge in [0.05, 0.1) is 12.2 Å². The zero-order valence-corrected chi connectivity index (χ0v) is 5.26. The van der Waals surface area contributed by atoms with Gasteiger partial charge in [0.15, 0.2) is 0 Å². The van der Waals surface area contributed by atoms with E-state index in [4.69, 9.17) is 9.66 Å². The van der Waals surface area contributed by atoms with Crippen LogP contribution in [0.2, 0.25) is 0 Å². The van der Waals surface area contributed by atoms with Gasteiger partial charge in [-0.1, -0.05) is 0 Å². The molecule has 0 bridgehead atoms. The number of carboxylic acid groups (broad SMARTS) is 1. The highest BCUT2D eigenvalue weighted by Crippen LogP contribution is 1.86. The summed E-state index contributed by atoms with van der Waals surface area (Å²) in [6.07, 6.45) is -0.557. The maximum atomic E-state index is 9.83. The minimum absolute atomic E-state index is 0.557. The molecule has 0 amide bonds. The Balaban J connectivity index is 3.67. The van der Waals surface area contributed by atoms with Crippen LogP contribution in [-0.2, 0) is 14.9 Å². The van der Waals surface area contributed by atoms with Gasteiger partial charge in [0.2, 0.25) is 0 Å². The van der Waals surface area contributed by atoms with Crippen molar-refractivity contribution in [1.82, 2.24) is 0 Å². The highest BCUT2D eigenvalue weighted by atomic mass is 32.2. The maximum Gasteiger partial charge on any atom is 0.304 e. The van der Waals surface area contributed by atoms with Crippen molar-refractivity contribution < 1.29 is 22.9 Å². The second-order valence-corrected chi connectivity index (χ2v) is 3.00. The van der Waals surface area contributed by atoms with E-state index in [-0.39, 0.29) is 0 Å². The molecule has 9 heavy (non-hydrogen) atoms. The van der Waals surface area contributed by atoms with Crippen LogP contribution in [0.15, 0.2) is 0 Å². The third kappa shape index (κ3) is 7.38. The van der Waals surface area contributed by atoms with E-state index in [1.807, 2.05) is 0 Å². The third-order valence-corrected chi connectivity index (χ3v) is 1.29. The first-order valence-electron chi connectivity index (χ1n) is 2.09. The first kappa shape index (κ1) is 8.38. The topological polar surface area (TPSA) is 91.7 Å². The fourth-order valence-electron chi connectivity index (χ4n) is 0.216. The lowest BCUT2D eigenvalue weighted by molar-refractivity contribution is -0.136. The Morgan fingerprint density at radius 1 is 1.44 bits per heavy atom. The van der Waals surface area contributed by atoms with Crippen molar-refractivity contribution in [3.63, 3.8) is 0 Å². The molecule has 0 radical (unpaired) electrons. The Hall–Kier alpha value is -0.620. The summed E-state index contributed by atoms with van der Waals surface area (Å²) in [5.74, 6) is -1.96. The first-order valence-corrected chi connectivity index (χ1v) is 3.70. The molecule has 0 aromatic carbocycles. The number of hydrogen-bond donors (Lipinski definition) is 2. The van der Waals surface area contributed by atoms with Crippen LogP contribution in [0.1, 0.15) is 6.42 Å². The van der Waals surface area contributed by atoms with Crippen LogP contribution in [0.4, 0.5) is 0 Å². The average Bonchev–Trinajstić information content (AvgIpc) is 1.59. The summed E-state index contributed by atoms with van der Waals surface area (Å²) < 4.78 is 27.6. The molecule has 0 aliphatic rings. The van der Waals surface area contributed by atoms with Gasteiger partial charge in [0.25, 0.3) is 10.1 Å². The molecule has 0 aliphatic heterocycles. The highest BCUT2D eigenvalue weighted by Gasteiger charge is 2.06. The van der Waals surface area contributed by atoms with Gasteiger partial charge in [-0.3, -0.25) is 9.35 Å². The fraction of sp³-hybridized carbons (Fsp3) is 0.667.